The molecule has 120 valence electrons. The van der Waals surface area contributed by atoms with Gasteiger partial charge in [0.05, 0.1) is 8.07 Å². The molecule has 0 radical (unpaired) electrons. The molecule has 0 aromatic heterocycles. The first kappa shape index (κ1) is 17.2. The first-order chi connectivity index (χ1) is 10.3. The van der Waals surface area contributed by atoms with E-state index in [4.69, 9.17) is 0 Å². The number of rotatable bonds is 5. The van der Waals surface area contributed by atoms with Crippen molar-refractivity contribution in [3.8, 4) is 0 Å². The summed E-state index contributed by atoms with van der Waals surface area (Å²) in [5.41, 5.74) is 4.43. The van der Waals surface area contributed by atoms with E-state index in [0.29, 0.717) is 5.92 Å². The Hall–Kier alpha value is -1.12. The minimum absolute atomic E-state index is 0.685. The molecule has 1 fully saturated rings. The molecule has 2 rings (SSSR count). The molecule has 0 saturated carbocycles. The number of allylic oxidation sites excluding steroid dienone is 2. The first-order valence-electron chi connectivity index (χ1n) is 8.40. The van der Waals surface area contributed by atoms with Crippen LogP contribution < -0.4 is 0 Å². The molecule has 1 aliphatic rings. The van der Waals surface area contributed by atoms with Crippen LogP contribution >= 0.6 is 0 Å². The minimum Gasteiger partial charge on any atom is -0.295 e. The first-order valence-corrected chi connectivity index (χ1v) is 11.9. The fourth-order valence-corrected chi connectivity index (χ4v) is 5.60. The largest absolute Gasteiger partial charge is 0.295 e. The second-order valence-electron chi connectivity index (χ2n) is 7.94. The summed E-state index contributed by atoms with van der Waals surface area (Å²) in [5.74, 6) is 0.685. The molecule has 0 aliphatic carbocycles. The Labute approximate surface area is 137 Å². The number of benzene rings is 1. The van der Waals surface area contributed by atoms with Crippen LogP contribution in [0.15, 0.2) is 53.3 Å². The predicted molar refractivity (Wildman–Crippen MR) is 101 cm³/mol. The Morgan fingerprint density at radius 2 is 1.86 bits per heavy atom. The maximum Gasteiger partial charge on any atom is 0.0728 e. The van der Waals surface area contributed by atoms with Crippen molar-refractivity contribution in [3.05, 3.63) is 58.8 Å². The molecule has 1 nitrogen and oxygen atoms in total. The fourth-order valence-electron chi connectivity index (χ4n) is 3.48. The highest BCUT2D eigenvalue weighted by atomic mass is 28.3. The molecular weight excluding hydrogens is 282 g/mol. The Kier molecular flexibility index (Phi) is 5.46. The van der Waals surface area contributed by atoms with Crippen molar-refractivity contribution in [2.75, 3.05) is 13.1 Å². The lowest BCUT2D eigenvalue weighted by Crippen LogP contribution is -2.27. The van der Waals surface area contributed by atoms with E-state index in [9.17, 15) is 0 Å². The van der Waals surface area contributed by atoms with Gasteiger partial charge in [0.1, 0.15) is 0 Å². The highest BCUT2D eigenvalue weighted by Crippen LogP contribution is 2.33. The Bertz CT molecular complexity index is 551. The monoisotopic (exact) mass is 313 g/mol. The molecule has 1 heterocycles. The Balaban J connectivity index is 2.20. The summed E-state index contributed by atoms with van der Waals surface area (Å²) in [6, 6.07) is 10.8. The lowest BCUT2D eigenvalue weighted by atomic mass is 10.0. The topological polar surface area (TPSA) is 3.24 Å². The van der Waals surface area contributed by atoms with E-state index < -0.39 is 8.07 Å². The summed E-state index contributed by atoms with van der Waals surface area (Å²) in [6.45, 7) is 19.6. The second-order valence-corrected chi connectivity index (χ2v) is 13.0. The number of likely N-dealkylation sites (tertiary alicyclic amines) is 1. The van der Waals surface area contributed by atoms with Crippen LogP contribution in [0.4, 0.5) is 0 Å². The van der Waals surface area contributed by atoms with Crippen molar-refractivity contribution in [1.29, 1.82) is 0 Å². The van der Waals surface area contributed by atoms with Gasteiger partial charge in [-0.15, -0.1) is 0 Å². The van der Waals surface area contributed by atoms with E-state index in [1.807, 2.05) is 0 Å². The van der Waals surface area contributed by atoms with E-state index in [0.717, 1.165) is 19.5 Å². The van der Waals surface area contributed by atoms with E-state index in [-0.39, 0.29) is 0 Å². The molecule has 1 atom stereocenters. The molecule has 1 aromatic carbocycles. The van der Waals surface area contributed by atoms with Gasteiger partial charge in [-0.2, -0.15) is 0 Å². The molecule has 1 aromatic rings. The Morgan fingerprint density at radius 1 is 1.23 bits per heavy atom. The Morgan fingerprint density at radius 3 is 2.41 bits per heavy atom. The second kappa shape index (κ2) is 6.97. The molecule has 0 amide bonds. The van der Waals surface area contributed by atoms with Crippen LogP contribution in [0.1, 0.15) is 25.8 Å². The maximum atomic E-state index is 4.17. The van der Waals surface area contributed by atoms with E-state index >= 15 is 0 Å². The standard InChI is InChI=1S/C20H31NSi/c1-16(2)12-20(22(4,5)6)19-15-21(13-17(19)3)14-18-10-8-7-9-11-18/h7-11,17H,1,12-15H2,2-6H3/b20-19-. The van der Waals surface area contributed by atoms with Crippen LogP contribution in [-0.2, 0) is 6.54 Å². The van der Waals surface area contributed by atoms with Crippen LogP contribution in [-0.4, -0.2) is 26.1 Å². The predicted octanol–water partition coefficient (Wildman–Crippen LogP) is 5.28. The van der Waals surface area contributed by atoms with Crippen LogP contribution in [0.3, 0.4) is 0 Å². The van der Waals surface area contributed by atoms with Crippen molar-refractivity contribution in [3.63, 3.8) is 0 Å². The fraction of sp³-hybridized carbons (Fsp3) is 0.500. The van der Waals surface area contributed by atoms with Crippen molar-refractivity contribution in [2.24, 2.45) is 5.92 Å². The quantitative estimate of drug-likeness (QED) is 0.528. The third-order valence-electron chi connectivity index (χ3n) is 4.54. The highest BCUT2D eigenvalue weighted by Gasteiger charge is 2.31. The van der Waals surface area contributed by atoms with Gasteiger partial charge < -0.3 is 0 Å². The summed E-state index contributed by atoms with van der Waals surface area (Å²) < 4.78 is 0. The van der Waals surface area contributed by atoms with Gasteiger partial charge in [-0.25, -0.2) is 0 Å². The molecule has 1 unspecified atom stereocenters. The highest BCUT2D eigenvalue weighted by molar-refractivity contribution is 6.83. The van der Waals surface area contributed by atoms with Gasteiger partial charge in [0.15, 0.2) is 0 Å². The third-order valence-corrected chi connectivity index (χ3v) is 6.85. The lowest BCUT2D eigenvalue weighted by Gasteiger charge is -2.26. The smallest absolute Gasteiger partial charge is 0.0728 e. The van der Waals surface area contributed by atoms with Crippen LogP contribution in [0.5, 0.6) is 0 Å². The molecule has 22 heavy (non-hydrogen) atoms. The molecular formula is C20H31NSi. The van der Waals surface area contributed by atoms with Gasteiger partial charge >= 0.3 is 0 Å². The molecule has 0 bridgehead atoms. The third kappa shape index (κ3) is 4.44. The lowest BCUT2D eigenvalue weighted by molar-refractivity contribution is 0.322. The van der Waals surface area contributed by atoms with E-state index in [1.165, 1.54) is 17.7 Å². The van der Waals surface area contributed by atoms with Crippen molar-refractivity contribution in [1.82, 2.24) is 4.90 Å². The average molecular weight is 314 g/mol. The average Bonchev–Trinajstić information content (AvgIpc) is 2.76. The summed E-state index contributed by atoms with van der Waals surface area (Å²) >= 11 is 0. The van der Waals surface area contributed by atoms with E-state index in [2.05, 4.69) is 75.3 Å². The van der Waals surface area contributed by atoms with Crippen molar-refractivity contribution in [2.45, 2.75) is 46.5 Å². The normalized spacial score (nSPS) is 22.0. The van der Waals surface area contributed by atoms with Gasteiger partial charge in [0.2, 0.25) is 0 Å². The molecule has 2 heteroatoms. The molecule has 0 spiro atoms. The van der Waals surface area contributed by atoms with Crippen molar-refractivity contribution < 1.29 is 0 Å². The number of hydrogen-bond donors (Lipinski definition) is 0. The van der Waals surface area contributed by atoms with Gasteiger partial charge in [-0.05, 0) is 24.8 Å². The summed E-state index contributed by atoms with van der Waals surface area (Å²) in [4.78, 5) is 2.61. The van der Waals surface area contributed by atoms with Gasteiger partial charge in [0.25, 0.3) is 0 Å². The zero-order valence-electron chi connectivity index (χ0n) is 14.9. The van der Waals surface area contributed by atoms with Gasteiger partial charge in [-0.1, -0.05) is 79.8 Å². The van der Waals surface area contributed by atoms with E-state index in [1.54, 1.807) is 10.8 Å². The SMILES string of the molecule is C=C(C)C/C(=C1\CN(Cc2ccccc2)CC1C)[Si](C)(C)C. The number of nitrogens with zero attached hydrogens (tertiary/aromatic N) is 1. The zero-order chi connectivity index (χ0) is 16.3. The maximum absolute atomic E-state index is 4.17. The van der Waals surface area contributed by atoms with Crippen LogP contribution in [0.2, 0.25) is 19.6 Å². The molecule has 0 N–H and O–H groups in total. The van der Waals surface area contributed by atoms with Crippen LogP contribution in [0, 0.1) is 5.92 Å². The van der Waals surface area contributed by atoms with Gasteiger partial charge in [0, 0.05) is 19.6 Å². The van der Waals surface area contributed by atoms with Gasteiger partial charge in [-0.3, -0.25) is 4.90 Å². The molecule has 1 saturated heterocycles. The zero-order valence-corrected chi connectivity index (χ0v) is 15.9. The number of hydrogen-bond acceptors (Lipinski definition) is 1. The molecule has 1 aliphatic heterocycles. The van der Waals surface area contributed by atoms with Crippen molar-refractivity contribution >= 4 is 8.07 Å². The minimum atomic E-state index is -1.29. The summed E-state index contributed by atoms with van der Waals surface area (Å²) in [5, 5.41) is 1.74. The summed E-state index contributed by atoms with van der Waals surface area (Å²) in [7, 11) is -1.29. The summed E-state index contributed by atoms with van der Waals surface area (Å²) in [6.07, 6.45) is 1.11. The van der Waals surface area contributed by atoms with Crippen LogP contribution in [0.25, 0.3) is 0 Å².